The number of carbonyl (C=O) groups excluding carboxylic acids is 1. The highest BCUT2D eigenvalue weighted by Gasteiger charge is 2.44. The Balaban J connectivity index is 1.64. The molecule has 1 spiro atoms. The van der Waals surface area contributed by atoms with E-state index in [4.69, 9.17) is 9.94 Å². The van der Waals surface area contributed by atoms with E-state index < -0.39 is 11.6 Å². The van der Waals surface area contributed by atoms with Gasteiger partial charge in [-0.15, -0.1) is 0 Å². The lowest BCUT2D eigenvalue weighted by molar-refractivity contribution is -0.129. The summed E-state index contributed by atoms with van der Waals surface area (Å²) >= 11 is 0. The standard InChI is InChI=1S/C17H21N3O4/c1-19(2)13-5-3-4-12(10-13)15(21)20-8-6-17(7-9-20)11-14(16(22)23)18-24-17/h3-5,10H,6-9,11H2,1-2H3,(H,22,23). The van der Waals surface area contributed by atoms with Crippen molar-refractivity contribution in [1.29, 1.82) is 0 Å². The fourth-order valence-corrected chi connectivity index (χ4v) is 3.12. The van der Waals surface area contributed by atoms with Crippen molar-refractivity contribution < 1.29 is 19.5 Å². The summed E-state index contributed by atoms with van der Waals surface area (Å²) < 4.78 is 0. The van der Waals surface area contributed by atoms with E-state index in [2.05, 4.69) is 5.16 Å². The van der Waals surface area contributed by atoms with Crippen LogP contribution in [0.2, 0.25) is 0 Å². The Bertz CT molecular complexity index is 691. The Kier molecular flexibility index (Phi) is 4.17. The number of piperidine rings is 1. The number of carbonyl (C=O) groups is 2. The van der Waals surface area contributed by atoms with Gasteiger partial charge < -0.3 is 19.7 Å². The molecule has 7 heteroatoms. The van der Waals surface area contributed by atoms with Crippen molar-refractivity contribution >= 4 is 23.3 Å². The molecule has 0 aromatic heterocycles. The van der Waals surface area contributed by atoms with E-state index in [1.807, 2.05) is 43.3 Å². The second kappa shape index (κ2) is 6.14. The van der Waals surface area contributed by atoms with Crippen LogP contribution in [-0.2, 0) is 9.63 Å². The molecule has 0 atom stereocenters. The predicted molar refractivity (Wildman–Crippen MR) is 89.4 cm³/mol. The number of hydrogen-bond acceptors (Lipinski definition) is 5. The molecule has 1 fully saturated rings. The lowest BCUT2D eigenvalue weighted by atomic mass is 9.86. The summed E-state index contributed by atoms with van der Waals surface area (Å²) in [6, 6.07) is 7.53. The molecule has 2 aliphatic rings. The monoisotopic (exact) mass is 331 g/mol. The van der Waals surface area contributed by atoms with E-state index in [-0.39, 0.29) is 11.6 Å². The number of amides is 1. The molecule has 1 amide bonds. The van der Waals surface area contributed by atoms with Crippen LogP contribution in [0.4, 0.5) is 5.69 Å². The highest BCUT2D eigenvalue weighted by Crippen LogP contribution is 2.35. The highest BCUT2D eigenvalue weighted by atomic mass is 16.7. The van der Waals surface area contributed by atoms with Crippen molar-refractivity contribution in [1.82, 2.24) is 4.90 Å². The van der Waals surface area contributed by atoms with Crippen LogP contribution in [0, 0.1) is 0 Å². The molecule has 3 rings (SSSR count). The maximum Gasteiger partial charge on any atom is 0.353 e. The third-order valence-electron chi connectivity index (χ3n) is 4.66. The molecule has 2 heterocycles. The highest BCUT2D eigenvalue weighted by molar-refractivity contribution is 6.36. The van der Waals surface area contributed by atoms with E-state index in [1.54, 1.807) is 4.90 Å². The Morgan fingerprint density at radius 2 is 2.00 bits per heavy atom. The van der Waals surface area contributed by atoms with E-state index >= 15 is 0 Å². The van der Waals surface area contributed by atoms with E-state index in [0.29, 0.717) is 37.9 Å². The zero-order chi connectivity index (χ0) is 17.3. The molecular weight excluding hydrogens is 310 g/mol. The van der Waals surface area contributed by atoms with Crippen LogP contribution >= 0.6 is 0 Å². The van der Waals surface area contributed by atoms with Gasteiger partial charge in [-0.25, -0.2) is 4.79 Å². The Morgan fingerprint density at radius 3 is 2.58 bits per heavy atom. The summed E-state index contributed by atoms with van der Waals surface area (Å²) in [5.41, 5.74) is 1.14. The van der Waals surface area contributed by atoms with Crippen molar-refractivity contribution in [2.45, 2.75) is 24.9 Å². The van der Waals surface area contributed by atoms with Gasteiger partial charge in [0.1, 0.15) is 5.60 Å². The van der Waals surface area contributed by atoms with Gasteiger partial charge in [0.15, 0.2) is 5.71 Å². The van der Waals surface area contributed by atoms with Gasteiger partial charge in [0, 0.05) is 57.7 Å². The van der Waals surface area contributed by atoms with Crippen LogP contribution in [0.15, 0.2) is 29.4 Å². The van der Waals surface area contributed by atoms with Crippen molar-refractivity contribution in [2.75, 3.05) is 32.1 Å². The first-order valence-electron chi connectivity index (χ1n) is 7.95. The number of likely N-dealkylation sites (tertiary alicyclic amines) is 1. The number of hydrogen-bond donors (Lipinski definition) is 1. The summed E-state index contributed by atoms with van der Waals surface area (Å²) in [6.45, 7) is 1.07. The number of nitrogens with zero attached hydrogens (tertiary/aromatic N) is 3. The average molecular weight is 331 g/mol. The quantitative estimate of drug-likeness (QED) is 0.909. The molecule has 24 heavy (non-hydrogen) atoms. The summed E-state index contributed by atoms with van der Waals surface area (Å²) in [6.07, 6.45) is 1.49. The normalized spacial score (nSPS) is 18.9. The smallest absolute Gasteiger partial charge is 0.353 e. The van der Waals surface area contributed by atoms with Gasteiger partial charge in [-0.05, 0) is 18.2 Å². The summed E-state index contributed by atoms with van der Waals surface area (Å²) in [5, 5.41) is 12.7. The average Bonchev–Trinajstić information content (AvgIpc) is 2.99. The summed E-state index contributed by atoms with van der Waals surface area (Å²) in [5.74, 6) is -1.04. The molecule has 0 aliphatic carbocycles. The molecule has 2 aliphatic heterocycles. The van der Waals surface area contributed by atoms with Crippen molar-refractivity contribution in [3.63, 3.8) is 0 Å². The third kappa shape index (κ3) is 3.06. The minimum absolute atomic E-state index is 0.00840. The largest absolute Gasteiger partial charge is 0.477 e. The zero-order valence-corrected chi connectivity index (χ0v) is 13.9. The molecule has 0 unspecified atom stereocenters. The fraction of sp³-hybridized carbons (Fsp3) is 0.471. The topological polar surface area (TPSA) is 82.4 Å². The Morgan fingerprint density at radius 1 is 1.29 bits per heavy atom. The number of aliphatic carboxylic acids is 1. The maximum atomic E-state index is 12.7. The van der Waals surface area contributed by atoms with Gasteiger partial charge in [0.2, 0.25) is 0 Å². The molecule has 1 aromatic rings. The molecular formula is C17H21N3O4. The first kappa shape index (κ1) is 16.3. The lowest BCUT2D eigenvalue weighted by Gasteiger charge is -2.37. The molecule has 1 aromatic carbocycles. The first-order valence-corrected chi connectivity index (χ1v) is 7.95. The number of anilines is 1. The van der Waals surface area contributed by atoms with E-state index in [1.165, 1.54) is 0 Å². The molecule has 1 saturated heterocycles. The Hall–Kier alpha value is -2.57. The van der Waals surface area contributed by atoms with Gasteiger partial charge in [0.25, 0.3) is 5.91 Å². The van der Waals surface area contributed by atoms with Crippen LogP contribution in [0.3, 0.4) is 0 Å². The Labute approximate surface area is 140 Å². The van der Waals surface area contributed by atoms with Crippen molar-refractivity contribution in [2.24, 2.45) is 5.16 Å². The van der Waals surface area contributed by atoms with Crippen LogP contribution in [-0.4, -0.2) is 60.4 Å². The molecule has 0 radical (unpaired) electrons. The van der Waals surface area contributed by atoms with Crippen molar-refractivity contribution in [3.8, 4) is 0 Å². The number of rotatable bonds is 3. The molecule has 128 valence electrons. The second-order valence-electron chi connectivity index (χ2n) is 6.53. The predicted octanol–water partition coefficient (Wildman–Crippen LogP) is 1.59. The van der Waals surface area contributed by atoms with Gasteiger partial charge in [-0.3, -0.25) is 4.79 Å². The summed E-state index contributed by atoms with van der Waals surface area (Å²) in [4.78, 5) is 32.8. The van der Waals surface area contributed by atoms with E-state index in [9.17, 15) is 9.59 Å². The summed E-state index contributed by atoms with van der Waals surface area (Å²) in [7, 11) is 3.87. The van der Waals surface area contributed by atoms with Gasteiger partial charge in [-0.1, -0.05) is 11.2 Å². The minimum atomic E-state index is -1.04. The zero-order valence-electron chi connectivity index (χ0n) is 13.9. The minimum Gasteiger partial charge on any atom is -0.477 e. The fourth-order valence-electron chi connectivity index (χ4n) is 3.12. The van der Waals surface area contributed by atoms with Crippen molar-refractivity contribution in [3.05, 3.63) is 29.8 Å². The molecule has 0 saturated carbocycles. The van der Waals surface area contributed by atoms with Crippen LogP contribution in [0.5, 0.6) is 0 Å². The number of carboxylic acids is 1. The SMILES string of the molecule is CN(C)c1cccc(C(=O)N2CCC3(CC2)CC(C(=O)O)=NO3)c1. The van der Waals surface area contributed by atoms with Gasteiger partial charge >= 0.3 is 5.97 Å². The number of benzene rings is 1. The number of carboxylic acid groups (broad SMARTS) is 1. The maximum absolute atomic E-state index is 12.7. The second-order valence-corrected chi connectivity index (χ2v) is 6.53. The van der Waals surface area contributed by atoms with Gasteiger partial charge in [0.05, 0.1) is 0 Å². The van der Waals surface area contributed by atoms with Crippen LogP contribution in [0.1, 0.15) is 29.6 Å². The molecule has 0 bridgehead atoms. The molecule has 7 nitrogen and oxygen atoms in total. The number of oxime groups is 1. The van der Waals surface area contributed by atoms with Crippen LogP contribution in [0.25, 0.3) is 0 Å². The molecule has 1 N–H and O–H groups in total. The van der Waals surface area contributed by atoms with Crippen LogP contribution < -0.4 is 4.90 Å². The first-order chi connectivity index (χ1) is 11.4. The van der Waals surface area contributed by atoms with E-state index in [0.717, 1.165) is 5.69 Å². The third-order valence-corrected chi connectivity index (χ3v) is 4.66. The van der Waals surface area contributed by atoms with Gasteiger partial charge in [-0.2, -0.15) is 0 Å². The lowest BCUT2D eigenvalue weighted by Crippen LogP contribution is -2.47.